The monoisotopic (exact) mass is 283 g/mol. The number of hydrogen-bond donors (Lipinski definition) is 1. The van der Waals surface area contributed by atoms with E-state index in [-0.39, 0.29) is 6.04 Å². The van der Waals surface area contributed by atoms with E-state index in [0.717, 1.165) is 48.1 Å². The van der Waals surface area contributed by atoms with Gasteiger partial charge in [-0.2, -0.15) is 0 Å². The average Bonchev–Trinajstić information content (AvgIpc) is 2.36. The topological polar surface area (TPSA) is 35.2 Å². The first-order valence-corrected chi connectivity index (χ1v) is 7.57. The molecule has 108 valence electrons. The molecule has 0 amide bonds. The Kier molecular flexibility index (Phi) is 7.25. The molecule has 0 aromatic heterocycles. The van der Waals surface area contributed by atoms with Crippen molar-refractivity contribution in [2.75, 3.05) is 6.61 Å². The van der Waals surface area contributed by atoms with Crippen molar-refractivity contribution in [3.05, 3.63) is 28.8 Å². The third-order valence-corrected chi connectivity index (χ3v) is 3.45. The number of benzene rings is 1. The Hall–Kier alpha value is -0.730. The quantitative estimate of drug-likeness (QED) is 0.716. The summed E-state index contributed by atoms with van der Waals surface area (Å²) in [7, 11) is 0. The van der Waals surface area contributed by atoms with E-state index >= 15 is 0 Å². The highest BCUT2D eigenvalue weighted by atomic mass is 35.5. The molecule has 1 aromatic rings. The molecule has 0 aliphatic carbocycles. The summed E-state index contributed by atoms with van der Waals surface area (Å²) >= 11 is 6.05. The maximum absolute atomic E-state index is 6.05. The zero-order valence-corrected chi connectivity index (χ0v) is 13.0. The smallest absolute Gasteiger partial charge is 0.122 e. The fraction of sp³-hybridized carbons (Fsp3) is 0.625. The van der Waals surface area contributed by atoms with Crippen molar-refractivity contribution in [1.29, 1.82) is 0 Å². The molecule has 0 saturated heterocycles. The van der Waals surface area contributed by atoms with Crippen molar-refractivity contribution < 1.29 is 4.74 Å². The standard InChI is InChI=1S/C16H26ClNO/c1-4-15(18)11-13-10-14(17)7-8-16(13)19-9-5-6-12(2)3/h7-8,10,12,15H,4-6,9,11,18H2,1-3H3. The predicted octanol–water partition coefficient (Wildman–Crippen LogP) is 4.43. The minimum Gasteiger partial charge on any atom is -0.493 e. The van der Waals surface area contributed by atoms with Gasteiger partial charge >= 0.3 is 0 Å². The largest absolute Gasteiger partial charge is 0.493 e. The van der Waals surface area contributed by atoms with Crippen LogP contribution in [0.5, 0.6) is 5.75 Å². The van der Waals surface area contributed by atoms with Gasteiger partial charge in [0.05, 0.1) is 6.61 Å². The van der Waals surface area contributed by atoms with E-state index in [2.05, 4.69) is 20.8 Å². The summed E-state index contributed by atoms with van der Waals surface area (Å²) in [5.41, 5.74) is 7.14. The molecule has 1 atom stereocenters. The minimum absolute atomic E-state index is 0.163. The van der Waals surface area contributed by atoms with E-state index in [1.165, 1.54) is 6.42 Å². The summed E-state index contributed by atoms with van der Waals surface area (Å²) in [5, 5.41) is 0.743. The molecule has 0 heterocycles. The van der Waals surface area contributed by atoms with Crippen LogP contribution in [0.4, 0.5) is 0 Å². The highest BCUT2D eigenvalue weighted by Gasteiger charge is 2.09. The second kappa shape index (κ2) is 8.44. The van der Waals surface area contributed by atoms with Gasteiger partial charge in [0, 0.05) is 11.1 Å². The lowest BCUT2D eigenvalue weighted by molar-refractivity contribution is 0.294. The maximum atomic E-state index is 6.05. The Labute approximate surface area is 122 Å². The second-order valence-corrected chi connectivity index (χ2v) is 5.95. The first-order valence-electron chi connectivity index (χ1n) is 7.19. The highest BCUT2D eigenvalue weighted by molar-refractivity contribution is 6.30. The molecule has 0 fully saturated rings. The van der Waals surface area contributed by atoms with Crippen molar-refractivity contribution in [2.24, 2.45) is 11.7 Å². The van der Waals surface area contributed by atoms with E-state index in [1.54, 1.807) is 0 Å². The van der Waals surface area contributed by atoms with Gasteiger partial charge in [0.1, 0.15) is 5.75 Å². The zero-order valence-electron chi connectivity index (χ0n) is 12.3. The van der Waals surface area contributed by atoms with Gasteiger partial charge < -0.3 is 10.5 Å². The molecule has 0 aliphatic heterocycles. The van der Waals surface area contributed by atoms with Crippen molar-refractivity contribution >= 4 is 11.6 Å². The Balaban J connectivity index is 2.60. The summed E-state index contributed by atoms with van der Waals surface area (Å²) in [6.45, 7) is 7.31. The van der Waals surface area contributed by atoms with Gasteiger partial charge in [0.2, 0.25) is 0 Å². The summed E-state index contributed by atoms with van der Waals surface area (Å²) < 4.78 is 5.87. The molecular weight excluding hydrogens is 258 g/mol. The predicted molar refractivity (Wildman–Crippen MR) is 83.0 cm³/mol. The summed E-state index contributed by atoms with van der Waals surface area (Å²) in [6.07, 6.45) is 4.05. The molecule has 0 saturated carbocycles. The molecule has 0 aliphatic rings. The summed E-state index contributed by atoms with van der Waals surface area (Å²) in [4.78, 5) is 0. The molecule has 2 nitrogen and oxygen atoms in total. The van der Waals surface area contributed by atoms with Crippen LogP contribution in [0.25, 0.3) is 0 Å². The Morgan fingerprint density at radius 1 is 1.32 bits per heavy atom. The van der Waals surface area contributed by atoms with Crippen LogP contribution in [-0.4, -0.2) is 12.6 Å². The molecular formula is C16H26ClNO. The lowest BCUT2D eigenvalue weighted by Gasteiger charge is -2.15. The third-order valence-electron chi connectivity index (χ3n) is 3.21. The fourth-order valence-corrected chi connectivity index (χ4v) is 2.14. The van der Waals surface area contributed by atoms with Crippen LogP contribution in [0, 0.1) is 5.92 Å². The van der Waals surface area contributed by atoms with Gasteiger partial charge in [-0.15, -0.1) is 0 Å². The normalized spacial score (nSPS) is 12.7. The molecule has 0 radical (unpaired) electrons. The van der Waals surface area contributed by atoms with Crippen LogP contribution in [0.2, 0.25) is 5.02 Å². The summed E-state index contributed by atoms with van der Waals surface area (Å²) in [6, 6.07) is 5.96. The van der Waals surface area contributed by atoms with Crippen molar-refractivity contribution in [3.63, 3.8) is 0 Å². The number of rotatable bonds is 8. The zero-order chi connectivity index (χ0) is 14.3. The van der Waals surface area contributed by atoms with Crippen LogP contribution in [-0.2, 0) is 6.42 Å². The van der Waals surface area contributed by atoms with E-state index in [4.69, 9.17) is 22.1 Å². The van der Waals surface area contributed by atoms with E-state index in [0.29, 0.717) is 0 Å². The number of nitrogens with two attached hydrogens (primary N) is 1. The van der Waals surface area contributed by atoms with E-state index in [9.17, 15) is 0 Å². The third kappa shape index (κ3) is 6.31. The Morgan fingerprint density at radius 2 is 2.05 bits per heavy atom. The maximum Gasteiger partial charge on any atom is 0.122 e. The van der Waals surface area contributed by atoms with Gasteiger partial charge in [-0.1, -0.05) is 32.4 Å². The first kappa shape index (κ1) is 16.3. The lowest BCUT2D eigenvalue weighted by atomic mass is 10.0. The molecule has 19 heavy (non-hydrogen) atoms. The second-order valence-electron chi connectivity index (χ2n) is 5.51. The molecule has 0 spiro atoms. The Morgan fingerprint density at radius 3 is 2.68 bits per heavy atom. The van der Waals surface area contributed by atoms with Gasteiger partial charge in [-0.3, -0.25) is 0 Å². The fourth-order valence-electron chi connectivity index (χ4n) is 1.95. The number of ether oxygens (including phenoxy) is 1. The van der Waals surface area contributed by atoms with Crippen LogP contribution in [0.1, 0.15) is 45.6 Å². The molecule has 2 N–H and O–H groups in total. The molecule has 0 bridgehead atoms. The van der Waals surface area contributed by atoms with Crippen LogP contribution < -0.4 is 10.5 Å². The van der Waals surface area contributed by atoms with Gasteiger partial charge in [0.25, 0.3) is 0 Å². The average molecular weight is 284 g/mol. The number of halogens is 1. The van der Waals surface area contributed by atoms with Crippen LogP contribution in [0.15, 0.2) is 18.2 Å². The van der Waals surface area contributed by atoms with Crippen molar-refractivity contribution in [3.8, 4) is 5.75 Å². The van der Waals surface area contributed by atoms with E-state index in [1.807, 2.05) is 18.2 Å². The van der Waals surface area contributed by atoms with Crippen LogP contribution >= 0.6 is 11.6 Å². The van der Waals surface area contributed by atoms with Gasteiger partial charge in [-0.05, 0) is 55.4 Å². The SMILES string of the molecule is CCC(N)Cc1cc(Cl)ccc1OCCCC(C)C. The molecule has 1 unspecified atom stereocenters. The molecule has 1 aromatic carbocycles. The molecule has 3 heteroatoms. The summed E-state index contributed by atoms with van der Waals surface area (Å²) in [5.74, 6) is 1.65. The lowest BCUT2D eigenvalue weighted by Crippen LogP contribution is -2.21. The first-order chi connectivity index (χ1) is 9.02. The van der Waals surface area contributed by atoms with Crippen molar-refractivity contribution in [2.45, 2.75) is 52.5 Å². The highest BCUT2D eigenvalue weighted by Crippen LogP contribution is 2.24. The van der Waals surface area contributed by atoms with Crippen molar-refractivity contribution in [1.82, 2.24) is 0 Å². The number of hydrogen-bond acceptors (Lipinski definition) is 2. The van der Waals surface area contributed by atoms with E-state index < -0.39 is 0 Å². The van der Waals surface area contributed by atoms with Gasteiger partial charge in [0.15, 0.2) is 0 Å². The van der Waals surface area contributed by atoms with Crippen LogP contribution in [0.3, 0.4) is 0 Å². The van der Waals surface area contributed by atoms with Gasteiger partial charge in [-0.25, -0.2) is 0 Å². The Bertz CT molecular complexity index is 379. The minimum atomic E-state index is 0.163. The molecule has 1 rings (SSSR count).